The van der Waals surface area contributed by atoms with Crippen LogP contribution in [-0.4, -0.2) is 61.6 Å². The summed E-state index contributed by atoms with van der Waals surface area (Å²) in [5.41, 5.74) is 0. The molecule has 0 spiro atoms. The SMILES string of the molecule is CC1CSCCN(CCN(C)C)C1. The highest BCUT2D eigenvalue weighted by molar-refractivity contribution is 7.99. The molecule has 0 radical (unpaired) electrons. The molecule has 0 bridgehead atoms. The fraction of sp³-hybridized carbons (Fsp3) is 1.00. The normalized spacial score (nSPS) is 26.3. The van der Waals surface area contributed by atoms with Crippen LogP contribution >= 0.6 is 11.8 Å². The lowest BCUT2D eigenvalue weighted by molar-refractivity contribution is 0.235. The molecule has 0 saturated carbocycles. The maximum atomic E-state index is 2.60. The van der Waals surface area contributed by atoms with Gasteiger partial charge >= 0.3 is 0 Å². The molecular formula is C10H22N2S. The Balaban J connectivity index is 2.22. The average Bonchev–Trinajstić information content (AvgIpc) is 2.26. The van der Waals surface area contributed by atoms with Gasteiger partial charge in [-0.15, -0.1) is 0 Å². The number of likely N-dealkylation sites (N-methyl/N-ethyl adjacent to an activating group) is 1. The number of rotatable bonds is 3. The maximum Gasteiger partial charge on any atom is 0.0110 e. The summed E-state index contributed by atoms with van der Waals surface area (Å²) in [5.74, 6) is 3.53. The van der Waals surface area contributed by atoms with Crippen LogP contribution < -0.4 is 0 Å². The van der Waals surface area contributed by atoms with Crippen LogP contribution in [0.5, 0.6) is 0 Å². The van der Waals surface area contributed by atoms with E-state index < -0.39 is 0 Å². The topological polar surface area (TPSA) is 6.48 Å². The van der Waals surface area contributed by atoms with Crippen LogP contribution in [0.4, 0.5) is 0 Å². The molecule has 1 saturated heterocycles. The Kier molecular flexibility index (Phi) is 5.14. The van der Waals surface area contributed by atoms with Gasteiger partial charge in [0.1, 0.15) is 0 Å². The molecule has 1 atom stereocenters. The van der Waals surface area contributed by atoms with E-state index in [1.54, 1.807) is 0 Å². The molecule has 1 aliphatic rings. The molecule has 13 heavy (non-hydrogen) atoms. The molecule has 1 heterocycles. The van der Waals surface area contributed by atoms with Gasteiger partial charge in [0.15, 0.2) is 0 Å². The first-order valence-electron chi connectivity index (χ1n) is 5.13. The predicted molar refractivity (Wildman–Crippen MR) is 61.5 cm³/mol. The minimum atomic E-state index is 0.870. The summed E-state index contributed by atoms with van der Waals surface area (Å²) in [6.45, 7) is 7.36. The van der Waals surface area contributed by atoms with Crippen LogP contribution in [0.1, 0.15) is 6.92 Å². The first kappa shape index (κ1) is 11.3. The summed E-state index contributed by atoms with van der Waals surface area (Å²) in [7, 11) is 4.30. The second-order valence-corrected chi connectivity index (χ2v) is 5.43. The van der Waals surface area contributed by atoms with Crippen LogP contribution in [0.15, 0.2) is 0 Å². The zero-order valence-corrected chi connectivity index (χ0v) is 9.94. The van der Waals surface area contributed by atoms with Crippen LogP contribution in [0, 0.1) is 5.92 Å². The fourth-order valence-corrected chi connectivity index (χ4v) is 2.67. The third kappa shape index (κ3) is 4.89. The molecule has 0 aromatic carbocycles. The van der Waals surface area contributed by atoms with E-state index >= 15 is 0 Å². The van der Waals surface area contributed by atoms with Gasteiger partial charge in [-0.3, -0.25) is 0 Å². The zero-order chi connectivity index (χ0) is 9.68. The molecule has 0 N–H and O–H groups in total. The summed E-state index contributed by atoms with van der Waals surface area (Å²) >= 11 is 2.11. The van der Waals surface area contributed by atoms with Crippen molar-refractivity contribution in [1.82, 2.24) is 9.80 Å². The fourth-order valence-electron chi connectivity index (χ4n) is 1.61. The lowest BCUT2D eigenvalue weighted by atomic mass is 10.2. The van der Waals surface area contributed by atoms with Crippen molar-refractivity contribution in [2.45, 2.75) is 6.92 Å². The molecule has 1 fully saturated rings. The van der Waals surface area contributed by atoms with E-state index in [9.17, 15) is 0 Å². The Bertz CT molecular complexity index is 139. The predicted octanol–water partition coefficient (Wildman–Crippen LogP) is 1.23. The number of nitrogens with zero attached hydrogens (tertiary/aromatic N) is 2. The Labute approximate surface area is 86.7 Å². The van der Waals surface area contributed by atoms with E-state index in [2.05, 4.69) is 42.6 Å². The van der Waals surface area contributed by atoms with E-state index in [1.165, 1.54) is 37.7 Å². The standard InChI is InChI=1S/C10H22N2S/c1-10-8-12(5-4-11(2)3)6-7-13-9-10/h10H,4-9H2,1-3H3. The molecule has 0 aliphatic carbocycles. The van der Waals surface area contributed by atoms with Crippen molar-refractivity contribution in [1.29, 1.82) is 0 Å². The molecule has 1 rings (SSSR count). The molecule has 3 heteroatoms. The van der Waals surface area contributed by atoms with Crippen molar-refractivity contribution in [2.24, 2.45) is 5.92 Å². The van der Waals surface area contributed by atoms with Gasteiger partial charge in [0.25, 0.3) is 0 Å². The summed E-state index contributed by atoms with van der Waals surface area (Å²) < 4.78 is 0. The lowest BCUT2D eigenvalue weighted by Gasteiger charge is -2.23. The zero-order valence-electron chi connectivity index (χ0n) is 9.12. The first-order valence-corrected chi connectivity index (χ1v) is 6.29. The molecule has 1 unspecified atom stereocenters. The second-order valence-electron chi connectivity index (χ2n) is 4.28. The van der Waals surface area contributed by atoms with E-state index in [-0.39, 0.29) is 0 Å². The van der Waals surface area contributed by atoms with Crippen LogP contribution in [0.25, 0.3) is 0 Å². The highest BCUT2D eigenvalue weighted by Gasteiger charge is 2.14. The van der Waals surface area contributed by atoms with Gasteiger partial charge in [-0.2, -0.15) is 11.8 Å². The Morgan fingerprint density at radius 1 is 1.46 bits per heavy atom. The van der Waals surface area contributed by atoms with Crippen molar-refractivity contribution in [3.8, 4) is 0 Å². The molecule has 0 aromatic heterocycles. The summed E-state index contributed by atoms with van der Waals surface area (Å²) in [6, 6.07) is 0. The quantitative estimate of drug-likeness (QED) is 0.680. The van der Waals surface area contributed by atoms with Crippen molar-refractivity contribution in [2.75, 3.05) is 51.8 Å². The van der Waals surface area contributed by atoms with Gasteiger partial charge in [0.2, 0.25) is 0 Å². The van der Waals surface area contributed by atoms with E-state index in [4.69, 9.17) is 0 Å². The molecule has 0 amide bonds. The van der Waals surface area contributed by atoms with E-state index in [1.807, 2.05) is 0 Å². The first-order chi connectivity index (χ1) is 6.18. The third-order valence-electron chi connectivity index (χ3n) is 2.39. The summed E-state index contributed by atoms with van der Waals surface area (Å²) in [4.78, 5) is 4.87. The number of thioether (sulfide) groups is 1. The number of hydrogen-bond acceptors (Lipinski definition) is 3. The lowest BCUT2D eigenvalue weighted by Crippen LogP contribution is -2.35. The number of hydrogen-bond donors (Lipinski definition) is 0. The Hall–Kier alpha value is 0.270. The van der Waals surface area contributed by atoms with Gasteiger partial charge < -0.3 is 9.80 Å². The average molecular weight is 202 g/mol. The molecule has 0 aromatic rings. The van der Waals surface area contributed by atoms with Crippen LogP contribution in [0.3, 0.4) is 0 Å². The molecule has 2 nitrogen and oxygen atoms in total. The molecule has 1 aliphatic heterocycles. The monoisotopic (exact) mass is 202 g/mol. The van der Waals surface area contributed by atoms with E-state index in [0.29, 0.717) is 0 Å². The van der Waals surface area contributed by atoms with Crippen molar-refractivity contribution >= 4 is 11.8 Å². The summed E-state index contributed by atoms with van der Waals surface area (Å²) in [6.07, 6.45) is 0. The van der Waals surface area contributed by atoms with Gasteiger partial charge in [0, 0.05) is 31.9 Å². The van der Waals surface area contributed by atoms with Gasteiger partial charge in [-0.25, -0.2) is 0 Å². The highest BCUT2D eigenvalue weighted by Crippen LogP contribution is 2.14. The van der Waals surface area contributed by atoms with E-state index in [0.717, 1.165) is 5.92 Å². The smallest absolute Gasteiger partial charge is 0.0110 e. The van der Waals surface area contributed by atoms with Gasteiger partial charge in [0.05, 0.1) is 0 Å². The minimum absolute atomic E-state index is 0.870. The van der Waals surface area contributed by atoms with Crippen LogP contribution in [-0.2, 0) is 0 Å². The highest BCUT2D eigenvalue weighted by atomic mass is 32.2. The minimum Gasteiger partial charge on any atom is -0.308 e. The molecular weight excluding hydrogens is 180 g/mol. The van der Waals surface area contributed by atoms with Crippen LogP contribution in [0.2, 0.25) is 0 Å². The second kappa shape index (κ2) is 5.89. The largest absolute Gasteiger partial charge is 0.308 e. The third-order valence-corrected chi connectivity index (χ3v) is 3.66. The Morgan fingerprint density at radius 3 is 2.92 bits per heavy atom. The molecule has 78 valence electrons. The van der Waals surface area contributed by atoms with Crippen molar-refractivity contribution in [3.05, 3.63) is 0 Å². The van der Waals surface area contributed by atoms with Crippen molar-refractivity contribution in [3.63, 3.8) is 0 Å². The van der Waals surface area contributed by atoms with Crippen molar-refractivity contribution < 1.29 is 0 Å². The van der Waals surface area contributed by atoms with Gasteiger partial charge in [-0.05, 0) is 25.8 Å². The maximum absolute atomic E-state index is 2.60. The summed E-state index contributed by atoms with van der Waals surface area (Å²) in [5, 5.41) is 0. The van der Waals surface area contributed by atoms with Gasteiger partial charge in [-0.1, -0.05) is 6.92 Å². The Morgan fingerprint density at radius 2 is 2.23 bits per heavy atom.